The Kier molecular flexibility index (Phi) is 4.08. The van der Waals surface area contributed by atoms with Crippen LogP contribution in [-0.2, 0) is 10.9 Å². The van der Waals surface area contributed by atoms with E-state index in [1.165, 1.54) is 18.2 Å². The quantitative estimate of drug-likeness (QED) is 0.750. The second-order valence-electron chi connectivity index (χ2n) is 4.97. The Balaban J connectivity index is 3.39. The van der Waals surface area contributed by atoms with Crippen LogP contribution in [0.25, 0.3) is 6.08 Å². The Morgan fingerprint density at radius 3 is 2.26 bits per heavy atom. The molecule has 0 bridgehead atoms. The Labute approximate surface area is 109 Å². The summed E-state index contributed by atoms with van der Waals surface area (Å²) in [6.45, 7) is 8.19. The number of esters is 1. The molecule has 0 aliphatic heterocycles. The molecule has 0 aromatic heterocycles. The summed E-state index contributed by atoms with van der Waals surface area (Å²) >= 11 is 0. The average Bonchev–Trinajstić information content (AvgIpc) is 2.24. The Morgan fingerprint density at radius 1 is 1.26 bits per heavy atom. The van der Waals surface area contributed by atoms with Gasteiger partial charge in [-0.15, -0.1) is 0 Å². The molecule has 104 valence electrons. The number of rotatable bonds is 2. The summed E-state index contributed by atoms with van der Waals surface area (Å²) in [5.74, 6) is -1.00. The Hall–Kier alpha value is -1.78. The molecule has 0 spiro atoms. The van der Waals surface area contributed by atoms with Crippen LogP contribution in [0.3, 0.4) is 0 Å². The average molecular weight is 272 g/mol. The minimum absolute atomic E-state index is 0.101. The highest BCUT2D eigenvalue weighted by atomic mass is 19.4. The van der Waals surface area contributed by atoms with Gasteiger partial charge in [-0.3, -0.25) is 0 Å². The SMILES string of the molecule is C=Cc1cccc(C(F)(F)F)c1C(=O)OC(C)(C)C. The van der Waals surface area contributed by atoms with Gasteiger partial charge in [-0.1, -0.05) is 24.8 Å². The number of benzene rings is 1. The third-order valence-corrected chi connectivity index (χ3v) is 2.23. The summed E-state index contributed by atoms with van der Waals surface area (Å²) in [5.41, 5.74) is -2.28. The van der Waals surface area contributed by atoms with E-state index in [0.717, 1.165) is 6.07 Å². The molecule has 0 heterocycles. The van der Waals surface area contributed by atoms with Crippen molar-refractivity contribution >= 4 is 12.0 Å². The van der Waals surface area contributed by atoms with Crippen molar-refractivity contribution in [3.63, 3.8) is 0 Å². The van der Waals surface area contributed by atoms with Gasteiger partial charge in [0.1, 0.15) is 5.60 Å². The monoisotopic (exact) mass is 272 g/mol. The van der Waals surface area contributed by atoms with Crippen molar-refractivity contribution in [3.05, 3.63) is 41.5 Å². The topological polar surface area (TPSA) is 26.3 Å². The van der Waals surface area contributed by atoms with Crippen LogP contribution in [0, 0.1) is 0 Å². The van der Waals surface area contributed by atoms with E-state index in [9.17, 15) is 18.0 Å². The summed E-state index contributed by atoms with van der Waals surface area (Å²) < 4.78 is 43.8. The maximum atomic E-state index is 12.9. The molecule has 0 unspecified atom stereocenters. The second-order valence-corrected chi connectivity index (χ2v) is 4.97. The van der Waals surface area contributed by atoms with E-state index in [2.05, 4.69) is 6.58 Å². The lowest BCUT2D eigenvalue weighted by molar-refractivity contribution is -0.138. The van der Waals surface area contributed by atoms with Crippen molar-refractivity contribution in [3.8, 4) is 0 Å². The molecule has 0 saturated heterocycles. The Morgan fingerprint density at radius 2 is 1.84 bits per heavy atom. The molecule has 19 heavy (non-hydrogen) atoms. The fourth-order valence-corrected chi connectivity index (χ4v) is 1.53. The van der Waals surface area contributed by atoms with Crippen LogP contribution in [-0.4, -0.2) is 11.6 Å². The van der Waals surface area contributed by atoms with Gasteiger partial charge < -0.3 is 4.74 Å². The van der Waals surface area contributed by atoms with Crippen molar-refractivity contribution in [1.82, 2.24) is 0 Å². The van der Waals surface area contributed by atoms with Crippen LogP contribution in [0.1, 0.15) is 42.3 Å². The normalized spacial score (nSPS) is 12.1. The maximum Gasteiger partial charge on any atom is 0.417 e. The summed E-state index contributed by atoms with van der Waals surface area (Å²) in [5, 5.41) is 0. The first-order valence-electron chi connectivity index (χ1n) is 5.62. The maximum absolute atomic E-state index is 12.9. The zero-order chi connectivity index (χ0) is 14.8. The third-order valence-electron chi connectivity index (χ3n) is 2.23. The third kappa shape index (κ3) is 3.84. The molecule has 0 amide bonds. The molecule has 5 heteroatoms. The summed E-state index contributed by atoms with van der Waals surface area (Å²) in [6.07, 6.45) is -3.42. The molecule has 1 aromatic rings. The second kappa shape index (κ2) is 5.07. The lowest BCUT2D eigenvalue weighted by Crippen LogP contribution is -2.26. The predicted molar refractivity (Wildman–Crippen MR) is 66.7 cm³/mol. The lowest BCUT2D eigenvalue weighted by Gasteiger charge is -2.22. The minimum Gasteiger partial charge on any atom is -0.456 e. The van der Waals surface area contributed by atoms with E-state index in [-0.39, 0.29) is 5.56 Å². The van der Waals surface area contributed by atoms with Crippen LogP contribution in [0.15, 0.2) is 24.8 Å². The van der Waals surface area contributed by atoms with E-state index in [1.807, 2.05) is 0 Å². The van der Waals surface area contributed by atoms with E-state index in [4.69, 9.17) is 4.74 Å². The molecule has 1 aromatic carbocycles. The molecule has 0 fully saturated rings. The van der Waals surface area contributed by atoms with E-state index in [0.29, 0.717) is 0 Å². The zero-order valence-electron chi connectivity index (χ0n) is 11.0. The lowest BCUT2D eigenvalue weighted by atomic mass is 10.00. The summed E-state index contributed by atoms with van der Waals surface area (Å²) in [6, 6.07) is 3.47. The molecule has 0 aliphatic carbocycles. The van der Waals surface area contributed by atoms with Crippen LogP contribution < -0.4 is 0 Å². The first kappa shape index (κ1) is 15.3. The van der Waals surface area contributed by atoms with Gasteiger partial charge in [-0.2, -0.15) is 13.2 Å². The van der Waals surface area contributed by atoms with Crippen molar-refractivity contribution in [2.45, 2.75) is 32.5 Å². The van der Waals surface area contributed by atoms with Gasteiger partial charge >= 0.3 is 12.1 Å². The number of halogens is 3. The van der Waals surface area contributed by atoms with E-state index < -0.39 is 28.9 Å². The van der Waals surface area contributed by atoms with Gasteiger partial charge in [0, 0.05) is 0 Å². The fraction of sp³-hybridized carbons (Fsp3) is 0.357. The van der Waals surface area contributed by atoms with Crippen LogP contribution in [0.5, 0.6) is 0 Å². The Bertz CT molecular complexity index is 496. The summed E-state index contributed by atoms with van der Waals surface area (Å²) in [4.78, 5) is 11.9. The minimum atomic E-state index is -4.62. The van der Waals surface area contributed by atoms with Crippen molar-refractivity contribution in [1.29, 1.82) is 0 Å². The number of alkyl halides is 3. The molecule has 0 N–H and O–H groups in total. The van der Waals surface area contributed by atoms with Crippen LogP contribution >= 0.6 is 0 Å². The van der Waals surface area contributed by atoms with Crippen molar-refractivity contribution in [2.24, 2.45) is 0 Å². The van der Waals surface area contributed by atoms with Gasteiger partial charge in [0.05, 0.1) is 11.1 Å². The van der Waals surface area contributed by atoms with Gasteiger partial charge in [-0.25, -0.2) is 4.79 Å². The molecule has 0 radical (unpaired) electrons. The zero-order valence-corrected chi connectivity index (χ0v) is 11.0. The fourth-order valence-electron chi connectivity index (χ4n) is 1.53. The molecular weight excluding hydrogens is 257 g/mol. The highest BCUT2D eigenvalue weighted by Gasteiger charge is 2.37. The van der Waals surface area contributed by atoms with Gasteiger partial charge in [-0.05, 0) is 32.4 Å². The molecule has 0 saturated carbocycles. The van der Waals surface area contributed by atoms with Crippen molar-refractivity contribution < 1.29 is 22.7 Å². The van der Waals surface area contributed by atoms with Gasteiger partial charge in [0.25, 0.3) is 0 Å². The van der Waals surface area contributed by atoms with E-state index >= 15 is 0 Å². The summed E-state index contributed by atoms with van der Waals surface area (Å²) in [7, 11) is 0. The smallest absolute Gasteiger partial charge is 0.417 e. The molecule has 2 nitrogen and oxygen atoms in total. The molecule has 1 rings (SSSR count). The van der Waals surface area contributed by atoms with E-state index in [1.54, 1.807) is 20.8 Å². The largest absolute Gasteiger partial charge is 0.456 e. The number of ether oxygens (including phenoxy) is 1. The van der Waals surface area contributed by atoms with Gasteiger partial charge in [0.2, 0.25) is 0 Å². The number of hydrogen-bond acceptors (Lipinski definition) is 2. The standard InChI is InChI=1S/C14H15F3O2/c1-5-9-7-6-8-10(14(15,16)17)11(9)12(18)19-13(2,3)4/h5-8H,1H2,2-4H3. The number of carbonyl (C=O) groups excluding carboxylic acids is 1. The van der Waals surface area contributed by atoms with Crippen molar-refractivity contribution in [2.75, 3.05) is 0 Å². The highest BCUT2D eigenvalue weighted by Crippen LogP contribution is 2.34. The molecule has 0 atom stereocenters. The number of hydrogen-bond donors (Lipinski definition) is 0. The number of carbonyl (C=O) groups is 1. The highest BCUT2D eigenvalue weighted by molar-refractivity contribution is 5.95. The predicted octanol–water partition coefficient (Wildman–Crippen LogP) is 4.30. The molecule has 0 aliphatic rings. The van der Waals surface area contributed by atoms with Crippen LogP contribution in [0.2, 0.25) is 0 Å². The van der Waals surface area contributed by atoms with Gasteiger partial charge in [0.15, 0.2) is 0 Å². The molecular formula is C14H15F3O2. The van der Waals surface area contributed by atoms with Crippen LogP contribution in [0.4, 0.5) is 13.2 Å². The first-order chi connectivity index (χ1) is 8.56. The first-order valence-corrected chi connectivity index (χ1v) is 5.62.